The first-order valence-electron chi connectivity index (χ1n) is 8.63. The van der Waals surface area contributed by atoms with E-state index in [2.05, 4.69) is 10.2 Å². The van der Waals surface area contributed by atoms with Crippen molar-refractivity contribution in [3.63, 3.8) is 0 Å². The lowest BCUT2D eigenvalue weighted by Crippen LogP contribution is -2.35. The first-order chi connectivity index (χ1) is 11.6. The molecular weight excluding hydrogens is 316 g/mol. The van der Waals surface area contributed by atoms with E-state index in [-0.39, 0.29) is 17.7 Å². The van der Waals surface area contributed by atoms with Crippen molar-refractivity contribution >= 4 is 23.2 Å². The zero-order valence-corrected chi connectivity index (χ0v) is 16.6. The smallest absolute Gasteiger partial charge is 0.226 e. The lowest BCUT2D eigenvalue weighted by molar-refractivity contribution is -0.129. The minimum atomic E-state index is -0.0780. The van der Waals surface area contributed by atoms with Crippen LogP contribution >= 0.6 is 0 Å². The van der Waals surface area contributed by atoms with Crippen molar-refractivity contribution in [1.82, 2.24) is 9.80 Å². The van der Waals surface area contributed by atoms with Gasteiger partial charge in [0.05, 0.1) is 0 Å². The van der Waals surface area contributed by atoms with Crippen LogP contribution in [-0.4, -0.2) is 62.9 Å². The molecule has 1 aromatic rings. The second kappa shape index (κ2) is 9.42. The Hall–Kier alpha value is -2.08. The second-order valence-electron chi connectivity index (χ2n) is 7.13. The number of amides is 2. The molecule has 2 amide bonds. The van der Waals surface area contributed by atoms with Crippen LogP contribution in [0.25, 0.3) is 0 Å². The second-order valence-corrected chi connectivity index (χ2v) is 7.13. The Morgan fingerprint density at radius 2 is 1.72 bits per heavy atom. The number of likely N-dealkylation sites (N-methyl/N-ethyl adjacent to an activating group) is 1. The number of nitrogens with zero attached hydrogens (tertiary/aromatic N) is 3. The Balaban J connectivity index is 3.07. The minimum absolute atomic E-state index is 0.0143. The summed E-state index contributed by atoms with van der Waals surface area (Å²) in [5.41, 5.74) is 2.81. The van der Waals surface area contributed by atoms with E-state index in [0.717, 1.165) is 23.5 Å². The van der Waals surface area contributed by atoms with Gasteiger partial charge < -0.3 is 20.0 Å². The van der Waals surface area contributed by atoms with Crippen molar-refractivity contribution in [2.75, 3.05) is 51.5 Å². The average molecular weight is 348 g/mol. The van der Waals surface area contributed by atoms with Crippen LogP contribution in [0.4, 0.5) is 11.4 Å². The number of hydrogen-bond acceptors (Lipinski definition) is 4. The van der Waals surface area contributed by atoms with Crippen LogP contribution in [0.2, 0.25) is 0 Å². The van der Waals surface area contributed by atoms with Gasteiger partial charge in [0, 0.05) is 57.9 Å². The van der Waals surface area contributed by atoms with Crippen LogP contribution in [0.5, 0.6) is 0 Å². The minimum Gasteiger partial charge on any atom is -0.377 e. The molecule has 0 radical (unpaired) electrons. The highest BCUT2D eigenvalue weighted by Crippen LogP contribution is 2.25. The Labute approximate surface area is 151 Å². The Morgan fingerprint density at radius 1 is 1.08 bits per heavy atom. The third-order valence-corrected chi connectivity index (χ3v) is 3.98. The fourth-order valence-corrected chi connectivity index (χ4v) is 2.39. The number of carbonyl (C=O) groups is 2. The summed E-state index contributed by atoms with van der Waals surface area (Å²) in [6.07, 6.45) is 0. The summed E-state index contributed by atoms with van der Waals surface area (Å²) in [5, 5.41) is 2.93. The van der Waals surface area contributed by atoms with Gasteiger partial charge >= 0.3 is 0 Å². The molecule has 0 unspecified atom stereocenters. The molecule has 0 saturated carbocycles. The molecule has 6 nitrogen and oxygen atoms in total. The highest BCUT2D eigenvalue weighted by atomic mass is 16.2. The van der Waals surface area contributed by atoms with Crippen molar-refractivity contribution in [1.29, 1.82) is 0 Å². The standard InChI is InChI=1S/C19H32N4O2/c1-14(2)19(25)20-17-8-9-18(22(6)7)16(12-17)13-23(15(3)24)11-10-21(4)5/h8-9,12,14H,10-11,13H2,1-7H3,(H,20,25). The molecule has 25 heavy (non-hydrogen) atoms. The Bertz CT molecular complexity index is 597. The van der Waals surface area contributed by atoms with Gasteiger partial charge in [-0.2, -0.15) is 0 Å². The van der Waals surface area contributed by atoms with Gasteiger partial charge in [-0.3, -0.25) is 9.59 Å². The first-order valence-corrected chi connectivity index (χ1v) is 8.63. The van der Waals surface area contributed by atoms with Crippen LogP contribution in [-0.2, 0) is 16.1 Å². The molecule has 0 aromatic heterocycles. The molecule has 0 aliphatic rings. The number of rotatable bonds is 8. The molecule has 0 saturated heterocycles. The monoisotopic (exact) mass is 348 g/mol. The summed E-state index contributed by atoms with van der Waals surface area (Å²) < 4.78 is 0. The van der Waals surface area contributed by atoms with E-state index < -0.39 is 0 Å². The molecule has 0 bridgehead atoms. The van der Waals surface area contributed by atoms with Crippen LogP contribution < -0.4 is 10.2 Å². The summed E-state index contributed by atoms with van der Waals surface area (Å²) in [5.74, 6) is -0.0476. The average Bonchev–Trinajstić information content (AvgIpc) is 2.50. The van der Waals surface area contributed by atoms with Gasteiger partial charge in [-0.25, -0.2) is 0 Å². The van der Waals surface area contributed by atoms with E-state index in [9.17, 15) is 9.59 Å². The Morgan fingerprint density at radius 3 is 2.20 bits per heavy atom. The molecule has 0 heterocycles. The largest absolute Gasteiger partial charge is 0.377 e. The van der Waals surface area contributed by atoms with E-state index in [4.69, 9.17) is 0 Å². The molecule has 0 aliphatic heterocycles. The first kappa shape index (κ1) is 21.0. The lowest BCUT2D eigenvalue weighted by Gasteiger charge is -2.26. The number of carbonyl (C=O) groups excluding carboxylic acids is 2. The van der Waals surface area contributed by atoms with Gasteiger partial charge in [0.1, 0.15) is 0 Å². The van der Waals surface area contributed by atoms with E-state index in [0.29, 0.717) is 13.1 Å². The number of nitrogens with one attached hydrogen (secondary N) is 1. The normalized spacial score (nSPS) is 10.9. The fraction of sp³-hybridized carbons (Fsp3) is 0.579. The predicted molar refractivity (Wildman–Crippen MR) is 104 cm³/mol. The summed E-state index contributed by atoms with van der Waals surface area (Å²) in [4.78, 5) is 29.9. The van der Waals surface area contributed by atoms with Gasteiger partial charge in [0.2, 0.25) is 11.8 Å². The number of anilines is 2. The molecule has 1 N–H and O–H groups in total. The number of hydrogen-bond donors (Lipinski definition) is 1. The topological polar surface area (TPSA) is 55.9 Å². The van der Waals surface area contributed by atoms with Crippen molar-refractivity contribution in [3.05, 3.63) is 23.8 Å². The van der Waals surface area contributed by atoms with Gasteiger partial charge in [-0.15, -0.1) is 0 Å². The molecule has 0 atom stereocenters. The maximum atomic E-state index is 12.0. The zero-order chi connectivity index (χ0) is 19.1. The van der Waals surface area contributed by atoms with Gasteiger partial charge in [-0.1, -0.05) is 13.8 Å². The van der Waals surface area contributed by atoms with Crippen LogP contribution in [0, 0.1) is 5.92 Å². The van der Waals surface area contributed by atoms with Crippen molar-refractivity contribution in [2.24, 2.45) is 5.92 Å². The maximum absolute atomic E-state index is 12.0. The summed E-state index contributed by atoms with van der Waals surface area (Å²) in [6, 6.07) is 5.84. The molecular formula is C19H32N4O2. The summed E-state index contributed by atoms with van der Waals surface area (Å²) >= 11 is 0. The predicted octanol–water partition coefficient (Wildman–Crippen LogP) is 2.26. The van der Waals surface area contributed by atoms with E-state index >= 15 is 0 Å². The highest BCUT2D eigenvalue weighted by molar-refractivity contribution is 5.92. The van der Waals surface area contributed by atoms with Crippen molar-refractivity contribution in [2.45, 2.75) is 27.3 Å². The van der Waals surface area contributed by atoms with E-state index in [1.54, 1.807) is 6.92 Å². The summed E-state index contributed by atoms with van der Waals surface area (Å²) in [7, 11) is 7.93. The Kier molecular flexibility index (Phi) is 7.90. The third-order valence-electron chi connectivity index (χ3n) is 3.98. The van der Waals surface area contributed by atoms with Crippen LogP contribution in [0.15, 0.2) is 18.2 Å². The molecule has 1 aromatic carbocycles. The van der Waals surface area contributed by atoms with Crippen molar-refractivity contribution < 1.29 is 9.59 Å². The van der Waals surface area contributed by atoms with Crippen LogP contribution in [0.1, 0.15) is 26.3 Å². The van der Waals surface area contributed by atoms with Gasteiger partial charge in [0.25, 0.3) is 0 Å². The van der Waals surface area contributed by atoms with E-state index in [1.807, 2.05) is 70.0 Å². The highest BCUT2D eigenvalue weighted by Gasteiger charge is 2.15. The van der Waals surface area contributed by atoms with E-state index in [1.165, 1.54) is 0 Å². The SMILES string of the molecule is CC(=O)N(CCN(C)C)Cc1cc(NC(=O)C(C)C)ccc1N(C)C. The van der Waals surface area contributed by atoms with Crippen LogP contribution in [0.3, 0.4) is 0 Å². The third kappa shape index (κ3) is 6.74. The quantitative estimate of drug-likeness (QED) is 0.783. The van der Waals surface area contributed by atoms with Crippen molar-refractivity contribution in [3.8, 4) is 0 Å². The molecule has 0 fully saturated rings. The number of benzene rings is 1. The lowest BCUT2D eigenvalue weighted by atomic mass is 10.1. The van der Waals surface area contributed by atoms with Gasteiger partial charge in [0.15, 0.2) is 0 Å². The molecule has 0 spiro atoms. The zero-order valence-electron chi connectivity index (χ0n) is 16.6. The molecule has 0 aliphatic carbocycles. The summed E-state index contributed by atoms with van der Waals surface area (Å²) in [6.45, 7) is 7.31. The molecule has 1 rings (SSSR count). The molecule has 6 heteroatoms. The molecule has 140 valence electrons. The fourth-order valence-electron chi connectivity index (χ4n) is 2.39. The maximum Gasteiger partial charge on any atom is 0.226 e. The van der Waals surface area contributed by atoms with Gasteiger partial charge in [-0.05, 0) is 37.9 Å².